The fraction of sp³-hybridized carbons (Fsp3) is 0.706. The Morgan fingerprint density at radius 2 is 1.85 bits per heavy atom. The summed E-state index contributed by atoms with van der Waals surface area (Å²) in [6.45, 7) is 11.7. The van der Waals surface area contributed by atoms with Gasteiger partial charge in [0.25, 0.3) is 5.91 Å². The molecule has 0 unspecified atom stereocenters. The number of carbonyl (C=O) groups is 1. The van der Waals surface area contributed by atoms with Gasteiger partial charge in [-0.05, 0) is 44.6 Å². The van der Waals surface area contributed by atoms with Crippen LogP contribution in [0.3, 0.4) is 0 Å². The highest BCUT2D eigenvalue weighted by atomic mass is 16.2. The Kier molecular flexibility index (Phi) is 6.83. The molecule has 114 valence electrons. The lowest BCUT2D eigenvalue weighted by molar-refractivity contribution is -0.118. The maximum Gasteiger partial charge on any atom is 0.254 e. The van der Waals surface area contributed by atoms with Crippen molar-refractivity contribution < 1.29 is 4.79 Å². The van der Waals surface area contributed by atoms with Crippen molar-refractivity contribution in [1.29, 1.82) is 0 Å². The SMILES string of the molecule is CCCCC1=C(CC)N(CCC)/C(=C(\C)CC)NC1=O. The number of rotatable bonds is 7. The molecule has 0 atom stereocenters. The van der Waals surface area contributed by atoms with Gasteiger partial charge in [-0.1, -0.05) is 34.1 Å². The van der Waals surface area contributed by atoms with Crippen molar-refractivity contribution in [3.05, 3.63) is 22.7 Å². The quantitative estimate of drug-likeness (QED) is 0.752. The van der Waals surface area contributed by atoms with E-state index in [-0.39, 0.29) is 5.91 Å². The molecule has 0 fully saturated rings. The largest absolute Gasteiger partial charge is 0.331 e. The Hall–Kier alpha value is -1.25. The summed E-state index contributed by atoms with van der Waals surface area (Å²) in [5.74, 6) is 1.14. The van der Waals surface area contributed by atoms with Gasteiger partial charge in [0, 0.05) is 17.8 Å². The third-order valence-corrected chi connectivity index (χ3v) is 3.95. The number of nitrogens with zero attached hydrogens (tertiary/aromatic N) is 1. The van der Waals surface area contributed by atoms with Gasteiger partial charge in [-0.3, -0.25) is 4.79 Å². The minimum absolute atomic E-state index is 0.116. The molecular formula is C17H30N2O. The summed E-state index contributed by atoms with van der Waals surface area (Å²) in [5.41, 5.74) is 3.48. The molecule has 0 aliphatic carbocycles. The zero-order chi connectivity index (χ0) is 15.1. The van der Waals surface area contributed by atoms with Gasteiger partial charge in [-0.15, -0.1) is 0 Å². The number of amides is 1. The summed E-state index contributed by atoms with van der Waals surface area (Å²) in [4.78, 5) is 14.8. The van der Waals surface area contributed by atoms with E-state index in [0.717, 1.165) is 56.5 Å². The Balaban J connectivity index is 3.23. The summed E-state index contributed by atoms with van der Waals surface area (Å²) in [7, 11) is 0. The minimum Gasteiger partial charge on any atom is -0.331 e. The van der Waals surface area contributed by atoms with Crippen LogP contribution in [0.2, 0.25) is 0 Å². The molecular weight excluding hydrogens is 248 g/mol. The molecule has 0 spiro atoms. The normalized spacial score (nSPS) is 18.4. The number of hydrogen-bond acceptors (Lipinski definition) is 2. The lowest BCUT2D eigenvalue weighted by Gasteiger charge is -2.36. The van der Waals surface area contributed by atoms with Gasteiger partial charge < -0.3 is 10.2 Å². The molecule has 20 heavy (non-hydrogen) atoms. The highest BCUT2D eigenvalue weighted by molar-refractivity contribution is 5.96. The molecule has 1 N–H and O–H groups in total. The van der Waals surface area contributed by atoms with Crippen LogP contribution in [0.1, 0.15) is 73.1 Å². The van der Waals surface area contributed by atoms with Gasteiger partial charge in [0.15, 0.2) is 0 Å². The standard InChI is InChI=1S/C17H30N2O/c1-6-10-11-14-15(9-4)19(12-7-2)16(13(5)8-3)18-17(14)20/h6-12H2,1-5H3,(H,18,20)/b16-13+. The molecule has 0 saturated heterocycles. The van der Waals surface area contributed by atoms with Crippen molar-refractivity contribution in [2.75, 3.05) is 6.54 Å². The first-order valence-electron chi connectivity index (χ1n) is 8.11. The molecule has 0 saturated carbocycles. The maximum atomic E-state index is 12.4. The van der Waals surface area contributed by atoms with Crippen LogP contribution in [0.15, 0.2) is 22.7 Å². The molecule has 3 nitrogen and oxygen atoms in total. The number of carbonyl (C=O) groups excluding carboxylic acids is 1. The third-order valence-electron chi connectivity index (χ3n) is 3.95. The summed E-state index contributed by atoms with van der Waals surface area (Å²) in [5, 5.41) is 3.13. The van der Waals surface area contributed by atoms with E-state index in [9.17, 15) is 4.79 Å². The van der Waals surface area contributed by atoms with Crippen LogP contribution in [0, 0.1) is 0 Å². The fourth-order valence-corrected chi connectivity index (χ4v) is 2.67. The number of hydrogen-bond donors (Lipinski definition) is 1. The lowest BCUT2D eigenvalue weighted by atomic mass is 10.00. The van der Waals surface area contributed by atoms with Crippen molar-refractivity contribution in [1.82, 2.24) is 10.2 Å². The Morgan fingerprint density at radius 3 is 2.35 bits per heavy atom. The van der Waals surface area contributed by atoms with Gasteiger partial charge in [0.05, 0.1) is 0 Å². The van der Waals surface area contributed by atoms with E-state index in [1.54, 1.807) is 0 Å². The molecule has 0 aromatic rings. The predicted molar refractivity (Wildman–Crippen MR) is 85.0 cm³/mol. The minimum atomic E-state index is 0.116. The summed E-state index contributed by atoms with van der Waals surface area (Å²) < 4.78 is 0. The number of unbranched alkanes of at least 4 members (excludes halogenated alkanes) is 1. The third kappa shape index (κ3) is 3.65. The van der Waals surface area contributed by atoms with Gasteiger partial charge in [-0.25, -0.2) is 0 Å². The summed E-state index contributed by atoms with van der Waals surface area (Å²) in [6.07, 6.45) is 6.07. The molecule has 0 aromatic heterocycles. The zero-order valence-electron chi connectivity index (χ0n) is 13.8. The summed E-state index contributed by atoms with van der Waals surface area (Å²) >= 11 is 0. The second-order valence-corrected chi connectivity index (χ2v) is 5.47. The Morgan fingerprint density at radius 1 is 1.15 bits per heavy atom. The van der Waals surface area contributed by atoms with Gasteiger partial charge in [-0.2, -0.15) is 0 Å². The fourth-order valence-electron chi connectivity index (χ4n) is 2.67. The zero-order valence-corrected chi connectivity index (χ0v) is 13.8. The van der Waals surface area contributed by atoms with E-state index in [2.05, 4.69) is 44.8 Å². The molecule has 1 amide bonds. The number of nitrogens with one attached hydrogen (secondary N) is 1. The van der Waals surface area contributed by atoms with Crippen LogP contribution in [0.25, 0.3) is 0 Å². The molecule has 0 bridgehead atoms. The van der Waals surface area contributed by atoms with Crippen LogP contribution in [-0.2, 0) is 4.79 Å². The first kappa shape index (κ1) is 16.8. The van der Waals surface area contributed by atoms with E-state index >= 15 is 0 Å². The molecule has 1 heterocycles. The molecule has 1 aliphatic rings. The van der Waals surface area contributed by atoms with Gasteiger partial charge in [0.1, 0.15) is 5.82 Å². The second kappa shape index (κ2) is 8.13. The molecule has 0 radical (unpaired) electrons. The van der Waals surface area contributed by atoms with E-state index in [1.165, 1.54) is 11.3 Å². The van der Waals surface area contributed by atoms with E-state index < -0.39 is 0 Å². The smallest absolute Gasteiger partial charge is 0.254 e. The summed E-state index contributed by atoms with van der Waals surface area (Å²) in [6, 6.07) is 0. The van der Waals surface area contributed by atoms with Crippen LogP contribution in [0.4, 0.5) is 0 Å². The molecule has 0 aromatic carbocycles. The number of allylic oxidation sites excluding steroid dienone is 2. The van der Waals surface area contributed by atoms with Crippen molar-refractivity contribution in [3.63, 3.8) is 0 Å². The highest BCUT2D eigenvalue weighted by Crippen LogP contribution is 2.29. The van der Waals surface area contributed by atoms with Crippen molar-refractivity contribution in [2.24, 2.45) is 0 Å². The molecule has 1 rings (SSSR count). The monoisotopic (exact) mass is 278 g/mol. The van der Waals surface area contributed by atoms with Crippen molar-refractivity contribution in [3.8, 4) is 0 Å². The van der Waals surface area contributed by atoms with E-state index in [1.807, 2.05) is 0 Å². The van der Waals surface area contributed by atoms with Crippen LogP contribution in [0.5, 0.6) is 0 Å². The maximum absolute atomic E-state index is 12.4. The van der Waals surface area contributed by atoms with Crippen molar-refractivity contribution in [2.45, 2.75) is 73.1 Å². The van der Waals surface area contributed by atoms with E-state index in [0.29, 0.717) is 0 Å². The van der Waals surface area contributed by atoms with Gasteiger partial charge >= 0.3 is 0 Å². The van der Waals surface area contributed by atoms with E-state index in [4.69, 9.17) is 0 Å². The van der Waals surface area contributed by atoms with Crippen molar-refractivity contribution >= 4 is 5.91 Å². The van der Waals surface area contributed by atoms with Crippen LogP contribution < -0.4 is 5.32 Å². The first-order chi connectivity index (χ1) is 9.60. The second-order valence-electron chi connectivity index (χ2n) is 5.47. The van der Waals surface area contributed by atoms with Gasteiger partial charge in [0.2, 0.25) is 0 Å². The predicted octanol–water partition coefficient (Wildman–Crippen LogP) is 4.32. The average Bonchev–Trinajstić information content (AvgIpc) is 2.46. The average molecular weight is 278 g/mol. The van der Waals surface area contributed by atoms with Crippen LogP contribution in [-0.4, -0.2) is 17.4 Å². The molecule has 3 heteroatoms. The Bertz CT molecular complexity index is 407. The highest BCUT2D eigenvalue weighted by Gasteiger charge is 2.28. The van der Waals surface area contributed by atoms with Crippen LogP contribution >= 0.6 is 0 Å². The lowest BCUT2D eigenvalue weighted by Crippen LogP contribution is -2.43. The topological polar surface area (TPSA) is 32.3 Å². The Labute approximate surface area is 124 Å². The molecule has 1 aliphatic heterocycles. The first-order valence-corrected chi connectivity index (χ1v) is 8.11.